The molecule has 0 aliphatic carbocycles. The number of rotatable bonds is 8. The van der Waals surface area contributed by atoms with Crippen molar-refractivity contribution in [3.05, 3.63) is 95.1 Å². The number of carbonyl (C=O) groups is 2. The standard InChI is InChI=1S/C27H29N3O3/c1-19-9-3-5-12-23(19)26(31)29-24(18-22-11-7-16-33-22)27(32)28-14-8-15-30-20(2)17-21-10-4-6-13-25(21)30/h3-7,9-13,16,18,20H,8,14-15,17H2,1-2H3,(H,28,32)(H,29,31)/b24-18-/t20-/m0/s1. The maximum Gasteiger partial charge on any atom is 0.267 e. The van der Waals surface area contributed by atoms with Crippen LogP contribution in [0.15, 0.2) is 77.0 Å². The van der Waals surface area contributed by atoms with E-state index in [0.717, 1.165) is 24.9 Å². The number of fused-ring (bicyclic) bond motifs is 1. The summed E-state index contributed by atoms with van der Waals surface area (Å²) in [5, 5.41) is 5.69. The predicted molar refractivity (Wildman–Crippen MR) is 130 cm³/mol. The van der Waals surface area contributed by atoms with Gasteiger partial charge in [-0.3, -0.25) is 9.59 Å². The first-order chi connectivity index (χ1) is 16.0. The van der Waals surface area contributed by atoms with E-state index in [9.17, 15) is 9.59 Å². The smallest absolute Gasteiger partial charge is 0.267 e. The zero-order chi connectivity index (χ0) is 23.2. The van der Waals surface area contributed by atoms with Gasteiger partial charge in [0, 0.05) is 36.5 Å². The van der Waals surface area contributed by atoms with Crippen LogP contribution in [0.5, 0.6) is 0 Å². The molecule has 0 saturated carbocycles. The van der Waals surface area contributed by atoms with E-state index in [0.29, 0.717) is 23.9 Å². The average molecular weight is 444 g/mol. The molecule has 4 rings (SSSR count). The number of hydrogen-bond donors (Lipinski definition) is 2. The Labute approximate surface area is 194 Å². The van der Waals surface area contributed by atoms with Gasteiger partial charge in [0.2, 0.25) is 0 Å². The molecule has 0 saturated heterocycles. The van der Waals surface area contributed by atoms with Crippen molar-refractivity contribution in [2.24, 2.45) is 0 Å². The maximum absolute atomic E-state index is 12.9. The van der Waals surface area contributed by atoms with Crippen molar-refractivity contribution < 1.29 is 14.0 Å². The fraction of sp³-hybridized carbons (Fsp3) is 0.259. The Hall–Kier alpha value is -3.80. The van der Waals surface area contributed by atoms with Gasteiger partial charge < -0.3 is 20.0 Å². The molecule has 170 valence electrons. The minimum atomic E-state index is -0.344. The number of amides is 2. The summed E-state index contributed by atoms with van der Waals surface area (Å²) in [6.45, 7) is 5.44. The Morgan fingerprint density at radius 3 is 2.67 bits per heavy atom. The SMILES string of the molecule is Cc1ccccc1C(=O)N/C(=C\c1ccco1)C(=O)NCCCN1c2ccccc2C[C@@H]1C. The lowest BCUT2D eigenvalue weighted by Gasteiger charge is -2.25. The largest absolute Gasteiger partial charge is 0.465 e. The van der Waals surface area contributed by atoms with Gasteiger partial charge in [0.25, 0.3) is 11.8 Å². The van der Waals surface area contributed by atoms with Crippen LogP contribution in [0.2, 0.25) is 0 Å². The summed E-state index contributed by atoms with van der Waals surface area (Å²) in [7, 11) is 0. The highest BCUT2D eigenvalue weighted by Crippen LogP contribution is 2.31. The van der Waals surface area contributed by atoms with Crippen molar-refractivity contribution in [2.45, 2.75) is 32.7 Å². The number of anilines is 1. The van der Waals surface area contributed by atoms with Crippen LogP contribution in [0, 0.1) is 6.92 Å². The fourth-order valence-electron chi connectivity index (χ4n) is 4.21. The molecule has 1 aromatic heterocycles. The van der Waals surface area contributed by atoms with Crippen molar-refractivity contribution in [1.82, 2.24) is 10.6 Å². The molecule has 0 bridgehead atoms. The average Bonchev–Trinajstić information content (AvgIpc) is 3.43. The Kier molecular flexibility index (Phi) is 6.93. The second-order valence-corrected chi connectivity index (χ2v) is 8.33. The third-order valence-corrected chi connectivity index (χ3v) is 5.92. The molecule has 0 fully saturated rings. The minimum Gasteiger partial charge on any atom is -0.465 e. The fourth-order valence-corrected chi connectivity index (χ4v) is 4.21. The number of benzene rings is 2. The lowest BCUT2D eigenvalue weighted by atomic mass is 10.1. The number of carbonyl (C=O) groups excluding carboxylic acids is 2. The van der Waals surface area contributed by atoms with Crippen LogP contribution in [-0.4, -0.2) is 30.9 Å². The van der Waals surface area contributed by atoms with E-state index < -0.39 is 0 Å². The second kappa shape index (κ2) is 10.2. The molecular weight excluding hydrogens is 414 g/mol. The molecule has 2 heterocycles. The van der Waals surface area contributed by atoms with Crippen LogP contribution in [0.25, 0.3) is 6.08 Å². The van der Waals surface area contributed by atoms with Crippen molar-refractivity contribution in [1.29, 1.82) is 0 Å². The number of para-hydroxylation sites is 1. The molecule has 0 radical (unpaired) electrons. The zero-order valence-corrected chi connectivity index (χ0v) is 19.0. The van der Waals surface area contributed by atoms with Crippen LogP contribution in [0.3, 0.4) is 0 Å². The van der Waals surface area contributed by atoms with Gasteiger partial charge in [-0.15, -0.1) is 0 Å². The molecule has 1 aliphatic heterocycles. The summed E-state index contributed by atoms with van der Waals surface area (Å²) >= 11 is 0. The van der Waals surface area contributed by atoms with Crippen molar-refractivity contribution in [3.63, 3.8) is 0 Å². The summed E-state index contributed by atoms with van der Waals surface area (Å²) < 4.78 is 5.35. The van der Waals surface area contributed by atoms with Gasteiger partial charge in [0.15, 0.2) is 0 Å². The van der Waals surface area contributed by atoms with Crippen molar-refractivity contribution in [2.75, 3.05) is 18.0 Å². The second-order valence-electron chi connectivity index (χ2n) is 8.33. The molecule has 3 aromatic rings. The zero-order valence-electron chi connectivity index (χ0n) is 19.0. The quantitative estimate of drug-likeness (QED) is 0.402. The molecule has 1 atom stereocenters. The van der Waals surface area contributed by atoms with Crippen LogP contribution in [0.1, 0.15) is 40.6 Å². The number of nitrogens with zero attached hydrogens (tertiary/aromatic N) is 1. The molecule has 0 unspecified atom stereocenters. The Bertz CT molecular complexity index is 1150. The van der Waals surface area contributed by atoms with Gasteiger partial charge in [0.1, 0.15) is 11.5 Å². The predicted octanol–water partition coefficient (Wildman–Crippen LogP) is 4.32. The highest BCUT2D eigenvalue weighted by atomic mass is 16.3. The van der Waals surface area contributed by atoms with Crippen molar-refractivity contribution in [3.8, 4) is 0 Å². The van der Waals surface area contributed by atoms with E-state index in [2.05, 4.69) is 46.7 Å². The van der Waals surface area contributed by atoms with E-state index in [4.69, 9.17) is 4.42 Å². The summed E-state index contributed by atoms with van der Waals surface area (Å²) in [5.74, 6) is -0.181. The van der Waals surface area contributed by atoms with E-state index in [-0.39, 0.29) is 17.5 Å². The van der Waals surface area contributed by atoms with Crippen LogP contribution in [-0.2, 0) is 11.2 Å². The van der Waals surface area contributed by atoms with Gasteiger partial charge in [-0.25, -0.2) is 0 Å². The third kappa shape index (κ3) is 5.34. The van der Waals surface area contributed by atoms with E-state index >= 15 is 0 Å². The molecule has 0 spiro atoms. The monoisotopic (exact) mass is 443 g/mol. The lowest BCUT2D eigenvalue weighted by molar-refractivity contribution is -0.117. The minimum absolute atomic E-state index is 0.151. The first-order valence-corrected chi connectivity index (χ1v) is 11.3. The van der Waals surface area contributed by atoms with Gasteiger partial charge in [-0.1, -0.05) is 36.4 Å². The van der Waals surface area contributed by atoms with Crippen LogP contribution >= 0.6 is 0 Å². The molecule has 33 heavy (non-hydrogen) atoms. The van der Waals surface area contributed by atoms with Crippen molar-refractivity contribution >= 4 is 23.6 Å². The Balaban J connectivity index is 1.38. The van der Waals surface area contributed by atoms with E-state index in [1.807, 2.05) is 19.1 Å². The van der Waals surface area contributed by atoms with Gasteiger partial charge in [-0.2, -0.15) is 0 Å². The number of nitrogens with one attached hydrogen (secondary N) is 2. The summed E-state index contributed by atoms with van der Waals surface area (Å²) in [5.41, 5.74) is 4.17. The first kappa shape index (κ1) is 22.4. The van der Waals surface area contributed by atoms with E-state index in [1.54, 1.807) is 30.3 Å². The van der Waals surface area contributed by atoms with E-state index in [1.165, 1.54) is 17.5 Å². The third-order valence-electron chi connectivity index (χ3n) is 5.92. The Morgan fingerprint density at radius 1 is 1.09 bits per heavy atom. The molecule has 2 N–H and O–H groups in total. The Morgan fingerprint density at radius 2 is 1.88 bits per heavy atom. The van der Waals surface area contributed by atoms with Gasteiger partial charge >= 0.3 is 0 Å². The topological polar surface area (TPSA) is 74.6 Å². The number of aryl methyl sites for hydroxylation is 1. The molecule has 1 aliphatic rings. The maximum atomic E-state index is 12.9. The summed E-state index contributed by atoms with van der Waals surface area (Å²) in [4.78, 5) is 28.1. The molecule has 6 nitrogen and oxygen atoms in total. The lowest BCUT2D eigenvalue weighted by Crippen LogP contribution is -2.37. The number of hydrogen-bond acceptors (Lipinski definition) is 4. The molecular formula is C27H29N3O3. The summed E-state index contributed by atoms with van der Waals surface area (Å²) in [6, 6.07) is 19.7. The molecule has 6 heteroatoms. The number of furan rings is 1. The normalized spacial score (nSPS) is 15.3. The first-order valence-electron chi connectivity index (χ1n) is 11.3. The van der Waals surface area contributed by atoms with Crippen LogP contribution in [0.4, 0.5) is 5.69 Å². The van der Waals surface area contributed by atoms with Gasteiger partial charge in [0.05, 0.1) is 6.26 Å². The highest BCUT2D eigenvalue weighted by Gasteiger charge is 2.24. The molecule has 2 aromatic carbocycles. The van der Waals surface area contributed by atoms with Gasteiger partial charge in [-0.05, 0) is 62.1 Å². The molecule has 2 amide bonds. The highest BCUT2D eigenvalue weighted by molar-refractivity contribution is 6.05. The van der Waals surface area contributed by atoms with Crippen LogP contribution < -0.4 is 15.5 Å². The summed E-state index contributed by atoms with van der Waals surface area (Å²) in [6.07, 6.45) is 4.91.